The van der Waals surface area contributed by atoms with Crippen molar-refractivity contribution in [3.8, 4) is 0 Å². The first-order valence-electron chi connectivity index (χ1n) is 5.25. The van der Waals surface area contributed by atoms with Gasteiger partial charge in [-0.05, 0) is 43.5 Å². The Hall–Kier alpha value is -0.410. The van der Waals surface area contributed by atoms with Crippen LogP contribution in [-0.4, -0.2) is 6.54 Å². The summed E-state index contributed by atoms with van der Waals surface area (Å²) in [5.41, 5.74) is 2.03. The lowest BCUT2D eigenvalue weighted by atomic mass is 9.90. The maximum absolute atomic E-state index is 12.5. The van der Waals surface area contributed by atoms with E-state index in [1.165, 1.54) is 12.0 Å². The maximum Gasteiger partial charge on any atom is 0.116 e. The first-order chi connectivity index (χ1) is 7.15. The third-order valence-corrected chi connectivity index (χ3v) is 3.94. The van der Waals surface area contributed by atoms with Crippen LogP contribution < -0.4 is 5.32 Å². The number of benzene rings is 1. The van der Waals surface area contributed by atoms with Gasteiger partial charge in [0.05, 0.1) is 0 Å². The Bertz CT molecular complexity index is 359. The van der Waals surface area contributed by atoms with Crippen LogP contribution in [0.15, 0.2) is 22.7 Å². The SMILES string of the molecule is CC1(c2ccc(CF)c(Br)c2)CCCN1. The molecule has 1 saturated heterocycles. The predicted molar refractivity (Wildman–Crippen MR) is 63.5 cm³/mol. The fourth-order valence-electron chi connectivity index (χ4n) is 2.14. The van der Waals surface area contributed by atoms with Crippen LogP contribution in [0.25, 0.3) is 0 Å². The van der Waals surface area contributed by atoms with Crippen molar-refractivity contribution in [3.05, 3.63) is 33.8 Å². The van der Waals surface area contributed by atoms with E-state index in [0.29, 0.717) is 0 Å². The highest BCUT2D eigenvalue weighted by atomic mass is 79.9. The molecule has 1 nitrogen and oxygen atoms in total. The van der Waals surface area contributed by atoms with Crippen molar-refractivity contribution in [2.75, 3.05) is 6.54 Å². The van der Waals surface area contributed by atoms with Gasteiger partial charge >= 0.3 is 0 Å². The number of hydrogen-bond acceptors (Lipinski definition) is 1. The molecule has 2 rings (SSSR count). The van der Waals surface area contributed by atoms with E-state index >= 15 is 0 Å². The highest BCUT2D eigenvalue weighted by Gasteiger charge is 2.30. The first-order valence-corrected chi connectivity index (χ1v) is 6.05. The number of hydrogen-bond donors (Lipinski definition) is 1. The molecule has 0 amide bonds. The smallest absolute Gasteiger partial charge is 0.116 e. The summed E-state index contributed by atoms with van der Waals surface area (Å²) >= 11 is 3.41. The number of nitrogens with one attached hydrogen (secondary N) is 1. The molecule has 1 aromatic carbocycles. The molecule has 1 unspecified atom stereocenters. The van der Waals surface area contributed by atoms with E-state index in [1.54, 1.807) is 0 Å². The Kier molecular flexibility index (Phi) is 3.12. The Balaban J connectivity index is 2.33. The second-order valence-corrected chi connectivity index (χ2v) is 5.16. The third-order valence-electron chi connectivity index (χ3n) is 3.20. The average molecular weight is 272 g/mol. The summed E-state index contributed by atoms with van der Waals surface area (Å²) < 4.78 is 13.4. The van der Waals surface area contributed by atoms with Gasteiger partial charge in [0.1, 0.15) is 6.67 Å². The van der Waals surface area contributed by atoms with E-state index in [2.05, 4.69) is 28.2 Å². The molecule has 0 bridgehead atoms. The van der Waals surface area contributed by atoms with Gasteiger partial charge in [0.2, 0.25) is 0 Å². The lowest BCUT2D eigenvalue weighted by Gasteiger charge is -2.25. The van der Waals surface area contributed by atoms with Gasteiger partial charge in [-0.2, -0.15) is 0 Å². The summed E-state index contributed by atoms with van der Waals surface area (Å²) in [5, 5.41) is 3.50. The summed E-state index contributed by atoms with van der Waals surface area (Å²) in [6.45, 7) is 2.86. The first kappa shape index (κ1) is 11.1. The van der Waals surface area contributed by atoms with Crippen LogP contribution in [0.2, 0.25) is 0 Å². The van der Waals surface area contributed by atoms with Gasteiger partial charge in [-0.1, -0.05) is 28.1 Å². The van der Waals surface area contributed by atoms with Crippen LogP contribution in [0.1, 0.15) is 30.9 Å². The van der Waals surface area contributed by atoms with Gasteiger partial charge in [-0.3, -0.25) is 0 Å². The quantitative estimate of drug-likeness (QED) is 0.868. The molecule has 1 aromatic rings. The summed E-state index contributed by atoms with van der Waals surface area (Å²) in [4.78, 5) is 0. The second kappa shape index (κ2) is 4.22. The van der Waals surface area contributed by atoms with Crippen molar-refractivity contribution < 1.29 is 4.39 Å². The molecular formula is C12H15BrFN. The molecule has 1 aliphatic rings. The van der Waals surface area contributed by atoms with Gasteiger partial charge in [-0.25, -0.2) is 4.39 Å². The topological polar surface area (TPSA) is 12.0 Å². The lowest BCUT2D eigenvalue weighted by molar-refractivity contribution is 0.433. The summed E-state index contributed by atoms with van der Waals surface area (Å²) in [5.74, 6) is 0. The summed E-state index contributed by atoms with van der Waals surface area (Å²) in [7, 11) is 0. The van der Waals surface area contributed by atoms with Gasteiger partial charge in [-0.15, -0.1) is 0 Å². The van der Waals surface area contributed by atoms with Gasteiger partial charge in [0, 0.05) is 10.0 Å². The molecule has 0 radical (unpaired) electrons. The molecule has 0 aromatic heterocycles. The number of halogens is 2. The van der Waals surface area contributed by atoms with E-state index in [-0.39, 0.29) is 5.54 Å². The molecule has 1 fully saturated rings. The number of alkyl halides is 1. The highest BCUT2D eigenvalue weighted by molar-refractivity contribution is 9.10. The fraction of sp³-hybridized carbons (Fsp3) is 0.500. The maximum atomic E-state index is 12.5. The monoisotopic (exact) mass is 271 g/mol. The fourth-order valence-corrected chi connectivity index (χ4v) is 2.62. The lowest BCUT2D eigenvalue weighted by Crippen LogP contribution is -2.33. The molecule has 15 heavy (non-hydrogen) atoms. The zero-order chi connectivity index (χ0) is 10.9. The normalized spacial score (nSPS) is 25.8. The van der Waals surface area contributed by atoms with Gasteiger partial charge < -0.3 is 5.32 Å². The Labute approximate surface area is 98.2 Å². The molecule has 1 atom stereocenters. The molecule has 1 aliphatic heterocycles. The minimum atomic E-state index is -0.412. The molecule has 1 heterocycles. The Morgan fingerprint density at radius 3 is 2.87 bits per heavy atom. The molecule has 1 N–H and O–H groups in total. The minimum absolute atomic E-state index is 0.0668. The van der Waals surface area contributed by atoms with Crippen molar-refractivity contribution in [2.24, 2.45) is 0 Å². The average Bonchev–Trinajstić information content (AvgIpc) is 2.66. The second-order valence-electron chi connectivity index (χ2n) is 4.30. The molecule has 0 saturated carbocycles. The molecule has 0 aliphatic carbocycles. The Morgan fingerprint density at radius 2 is 2.33 bits per heavy atom. The van der Waals surface area contributed by atoms with Crippen molar-refractivity contribution in [3.63, 3.8) is 0 Å². The standard InChI is InChI=1S/C12H15BrFN/c1-12(5-2-6-15-12)10-4-3-9(8-14)11(13)7-10/h3-4,7,15H,2,5-6,8H2,1H3. The largest absolute Gasteiger partial charge is 0.308 e. The van der Waals surface area contributed by atoms with Crippen molar-refractivity contribution >= 4 is 15.9 Å². The zero-order valence-corrected chi connectivity index (χ0v) is 10.4. The highest BCUT2D eigenvalue weighted by Crippen LogP contribution is 2.32. The molecule has 0 spiro atoms. The van der Waals surface area contributed by atoms with Crippen LogP contribution in [-0.2, 0) is 12.2 Å². The van der Waals surface area contributed by atoms with Gasteiger partial charge in [0.15, 0.2) is 0 Å². The third kappa shape index (κ3) is 2.08. The summed E-state index contributed by atoms with van der Waals surface area (Å²) in [6, 6.07) is 5.93. The Morgan fingerprint density at radius 1 is 1.53 bits per heavy atom. The van der Waals surface area contributed by atoms with Crippen LogP contribution in [0, 0.1) is 0 Å². The van der Waals surface area contributed by atoms with Crippen molar-refractivity contribution in [1.82, 2.24) is 5.32 Å². The van der Waals surface area contributed by atoms with E-state index in [1.807, 2.05) is 18.2 Å². The van der Waals surface area contributed by atoms with Crippen molar-refractivity contribution in [2.45, 2.75) is 32.0 Å². The summed E-state index contributed by atoms with van der Waals surface area (Å²) in [6.07, 6.45) is 2.35. The predicted octanol–water partition coefficient (Wildman–Crippen LogP) is 3.52. The molecular weight excluding hydrogens is 257 g/mol. The van der Waals surface area contributed by atoms with E-state index < -0.39 is 6.67 Å². The van der Waals surface area contributed by atoms with E-state index in [0.717, 1.165) is 23.0 Å². The number of rotatable bonds is 2. The minimum Gasteiger partial charge on any atom is -0.308 e. The zero-order valence-electron chi connectivity index (χ0n) is 8.82. The molecule has 3 heteroatoms. The van der Waals surface area contributed by atoms with Crippen LogP contribution in [0.5, 0.6) is 0 Å². The van der Waals surface area contributed by atoms with E-state index in [4.69, 9.17) is 0 Å². The molecule has 82 valence electrons. The van der Waals surface area contributed by atoms with Crippen LogP contribution in [0.4, 0.5) is 4.39 Å². The van der Waals surface area contributed by atoms with Crippen LogP contribution >= 0.6 is 15.9 Å². The van der Waals surface area contributed by atoms with Gasteiger partial charge in [0.25, 0.3) is 0 Å². The van der Waals surface area contributed by atoms with Crippen molar-refractivity contribution in [1.29, 1.82) is 0 Å². The van der Waals surface area contributed by atoms with Crippen LogP contribution in [0.3, 0.4) is 0 Å². The van der Waals surface area contributed by atoms with E-state index in [9.17, 15) is 4.39 Å².